The number of nitrogens with one attached hydrogen (secondary N) is 1. The van der Waals surface area contributed by atoms with E-state index >= 15 is 0 Å². The van der Waals surface area contributed by atoms with Crippen LogP contribution in [0.3, 0.4) is 0 Å². The molecule has 4 aromatic rings. The summed E-state index contributed by atoms with van der Waals surface area (Å²) in [5, 5.41) is 8.51. The van der Waals surface area contributed by atoms with Crippen molar-refractivity contribution in [3.8, 4) is 22.8 Å². The van der Waals surface area contributed by atoms with Crippen molar-refractivity contribution in [1.29, 1.82) is 0 Å². The number of carbonyl (C=O) groups is 1. The van der Waals surface area contributed by atoms with Gasteiger partial charge in [-0.3, -0.25) is 0 Å². The molecule has 1 N–H and O–H groups in total. The normalized spacial score (nSPS) is 16.4. The SMILES string of the molecule is CC(C)Cc1nc(N2CCN(C(=O)NC3CCCCC3)CC2)c2c(-c3cccc(Oc4ccccc4)c3)noc2n1. The van der Waals surface area contributed by atoms with Crippen molar-refractivity contribution in [3.05, 3.63) is 60.4 Å². The highest BCUT2D eigenvalue weighted by molar-refractivity contribution is 5.98. The van der Waals surface area contributed by atoms with Crippen molar-refractivity contribution >= 4 is 22.9 Å². The fourth-order valence-corrected chi connectivity index (χ4v) is 5.73. The molecule has 3 heterocycles. The quantitative estimate of drug-likeness (QED) is 0.281. The third-order valence-electron chi connectivity index (χ3n) is 7.84. The van der Waals surface area contributed by atoms with Crippen LogP contribution in [0.2, 0.25) is 0 Å². The van der Waals surface area contributed by atoms with Crippen molar-refractivity contribution < 1.29 is 14.1 Å². The monoisotopic (exact) mass is 554 g/mol. The predicted octanol–water partition coefficient (Wildman–Crippen LogP) is 6.44. The summed E-state index contributed by atoms with van der Waals surface area (Å²) >= 11 is 0. The number of carbonyl (C=O) groups excluding carboxylic acids is 1. The number of aromatic nitrogens is 3. The van der Waals surface area contributed by atoms with E-state index < -0.39 is 0 Å². The molecule has 0 radical (unpaired) electrons. The molecule has 1 saturated heterocycles. The van der Waals surface area contributed by atoms with Crippen molar-refractivity contribution in [1.82, 2.24) is 25.3 Å². The highest BCUT2D eigenvalue weighted by Crippen LogP contribution is 2.36. The Hall–Kier alpha value is -4.14. The summed E-state index contributed by atoms with van der Waals surface area (Å²) in [4.78, 5) is 26.9. The maximum atomic E-state index is 13.0. The number of urea groups is 1. The summed E-state index contributed by atoms with van der Waals surface area (Å²) in [6.07, 6.45) is 6.57. The summed E-state index contributed by atoms with van der Waals surface area (Å²) in [7, 11) is 0. The van der Waals surface area contributed by atoms with Crippen molar-refractivity contribution in [2.45, 2.75) is 58.4 Å². The Labute approximate surface area is 240 Å². The third kappa shape index (κ3) is 6.29. The molecule has 0 unspecified atom stereocenters. The van der Waals surface area contributed by atoms with E-state index in [-0.39, 0.29) is 6.03 Å². The molecule has 2 amide bonds. The van der Waals surface area contributed by atoms with Crippen LogP contribution in [-0.2, 0) is 6.42 Å². The number of benzene rings is 2. The van der Waals surface area contributed by atoms with Gasteiger partial charge in [0.25, 0.3) is 5.71 Å². The van der Waals surface area contributed by atoms with Gasteiger partial charge in [0.15, 0.2) is 0 Å². The van der Waals surface area contributed by atoms with Crippen LogP contribution in [0.1, 0.15) is 51.8 Å². The van der Waals surface area contributed by atoms with Crippen LogP contribution in [0.25, 0.3) is 22.4 Å². The van der Waals surface area contributed by atoms with Gasteiger partial charge in [-0.2, -0.15) is 4.98 Å². The van der Waals surface area contributed by atoms with E-state index in [4.69, 9.17) is 19.2 Å². The zero-order chi connectivity index (χ0) is 28.2. The molecule has 1 aliphatic heterocycles. The van der Waals surface area contributed by atoms with Crippen molar-refractivity contribution in [2.75, 3.05) is 31.1 Å². The molecular formula is C32H38N6O3. The van der Waals surface area contributed by atoms with Crippen LogP contribution in [0.15, 0.2) is 59.1 Å². The van der Waals surface area contributed by atoms with E-state index in [0.29, 0.717) is 55.3 Å². The van der Waals surface area contributed by atoms with E-state index in [0.717, 1.165) is 47.6 Å². The van der Waals surface area contributed by atoms with Gasteiger partial charge in [-0.05, 0) is 43.0 Å². The minimum absolute atomic E-state index is 0.0470. The average Bonchev–Trinajstić information content (AvgIpc) is 3.42. The Morgan fingerprint density at radius 2 is 1.73 bits per heavy atom. The van der Waals surface area contributed by atoms with Crippen LogP contribution < -0.4 is 15.0 Å². The number of hydrogen-bond acceptors (Lipinski definition) is 7. The molecule has 2 aliphatic rings. The van der Waals surface area contributed by atoms with Crippen LogP contribution >= 0.6 is 0 Å². The number of ether oxygens (including phenoxy) is 1. The Bertz CT molecular complexity index is 1470. The van der Waals surface area contributed by atoms with Crippen molar-refractivity contribution in [3.63, 3.8) is 0 Å². The summed E-state index contributed by atoms with van der Waals surface area (Å²) < 4.78 is 11.9. The fraction of sp³-hybridized carbons (Fsp3) is 0.438. The first-order valence-corrected chi connectivity index (χ1v) is 14.8. The number of para-hydroxylation sites is 1. The smallest absolute Gasteiger partial charge is 0.317 e. The second-order valence-electron chi connectivity index (χ2n) is 11.5. The lowest BCUT2D eigenvalue weighted by molar-refractivity contribution is 0.186. The Kier molecular flexibility index (Phi) is 8.02. The van der Waals surface area contributed by atoms with Gasteiger partial charge in [-0.25, -0.2) is 9.78 Å². The largest absolute Gasteiger partial charge is 0.457 e. The molecule has 1 saturated carbocycles. The average molecular weight is 555 g/mol. The number of rotatable bonds is 7. The molecule has 2 aromatic heterocycles. The van der Waals surface area contributed by atoms with Gasteiger partial charge >= 0.3 is 6.03 Å². The first-order valence-electron chi connectivity index (χ1n) is 14.8. The summed E-state index contributed by atoms with van der Waals surface area (Å²) in [5.74, 6) is 3.42. The van der Waals surface area contributed by atoms with E-state index in [1.807, 2.05) is 59.5 Å². The molecule has 0 spiro atoms. The number of piperazine rings is 1. The number of nitrogens with zero attached hydrogens (tertiary/aromatic N) is 5. The predicted molar refractivity (Wildman–Crippen MR) is 159 cm³/mol. The molecule has 2 aromatic carbocycles. The Morgan fingerprint density at radius 1 is 0.976 bits per heavy atom. The molecule has 6 rings (SSSR count). The summed E-state index contributed by atoms with van der Waals surface area (Å²) in [6.45, 7) is 6.91. The second-order valence-corrected chi connectivity index (χ2v) is 11.5. The lowest BCUT2D eigenvalue weighted by atomic mass is 9.96. The fourth-order valence-electron chi connectivity index (χ4n) is 5.73. The highest BCUT2D eigenvalue weighted by atomic mass is 16.5. The number of fused-ring (bicyclic) bond motifs is 1. The molecular weight excluding hydrogens is 516 g/mol. The summed E-state index contributed by atoms with van der Waals surface area (Å²) in [5.41, 5.74) is 2.03. The Morgan fingerprint density at radius 3 is 2.49 bits per heavy atom. The van der Waals surface area contributed by atoms with Crippen LogP contribution in [-0.4, -0.2) is 58.3 Å². The first-order chi connectivity index (χ1) is 20.0. The van der Waals surface area contributed by atoms with Gasteiger partial charge < -0.3 is 24.4 Å². The molecule has 9 nitrogen and oxygen atoms in total. The van der Waals surface area contributed by atoms with Crippen LogP contribution in [0, 0.1) is 5.92 Å². The van der Waals surface area contributed by atoms with E-state index in [2.05, 4.69) is 29.2 Å². The maximum Gasteiger partial charge on any atom is 0.317 e. The number of hydrogen-bond donors (Lipinski definition) is 1. The molecule has 214 valence electrons. The van der Waals surface area contributed by atoms with Crippen LogP contribution in [0.4, 0.5) is 10.6 Å². The lowest BCUT2D eigenvalue weighted by Gasteiger charge is -2.36. The zero-order valence-electron chi connectivity index (χ0n) is 23.9. The highest BCUT2D eigenvalue weighted by Gasteiger charge is 2.28. The third-order valence-corrected chi connectivity index (χ3v) is 7.84. The molecule has 9 heteroatoms. The van der Waals surface area contributed by atoms with Gasteiger partial charge in [0, 0.05) is 44.2 Å². The van der Waals surface area contributed by atoms with Crippen LogP contribution in [0.5, 0.6) is 11.5 Å². The van der Waals surface area contributed by atoms with Gasteiger partial charge in [-0.15, -0.1) is 0 Å². The van der Waals surface area contributed by atoms with E-state index in [1.54, 1.807) is 0 Å². The van der Waals surface area contributed by atoms with E-state index in [1.165, 1.54) is 19.3 Å². The van der Waals surface area contributed by atoms with E-state index in [9.17, 15) is 4.79 Å². The first kappa shape index (κ1) is 27.1. The minimum Gasteiger partial charge on any atom is -0.457 e. The standard InChI is InChI=1S/C32H38N6O3/c1-22(2)20-27-34-30(37-16-18-38(19-17-37)32(39)33-24-11-5-3-6-12-24)28-29(36-41-31(28)35-27)23-10-9-15-26(21-23)40-25-13-7-4-8-14-25/h4,7-10,13-15,21-22,24H,3,5-6,11-12,16-20H2,1-2H3,(H,33,39). The number of amides is 2. The van der Waals surface area contributed by atoms with Crippen molar-refractivity contribution in [2.24, 2.45) is 5.92 Å². The molecule has 2 fully saturated rings. The van der Waals surface area contributed by atoms with Gasteiger partial charge in [-0.1, -0.05) is 68.6 Å². The molecule has 41 heavy (non-hydrogen) atoms. The minimum atomic E-state index is 0.0470. The summed E-state index contributed by atoms with van der Waals surface area (Å²) in [6, 6.07) is 17.9. The van der Waals surface area contributed by atoms with Gasteiger partial charge in [0.2, 0.25) is 0 Å². The molecule has 0 atom stereocenters. The zero-order valence-corrected chi connectivity index (χ0v) is 23.9. The number of anilines is 1. The lowest BCUT2D eigenvalue weighted by Crippen LogP contribution is -2.54. The molecule has 1 aliphatic carbocycles. The second kappa shape index (κ2) is 12.2. The topological polar surface area (TPSA) is 96.6 Å². The Balaban J connectivity index is 1.27. The molecule has 0 bridgehead atoms. The van der Waals surface area contributed by atoms with Gasteiger partial charge in [0.1, 0.15) is 34.2 Å². The maximum absolute atomic E-state index is 13.0. The van der Waals surface area contributed by atoms with Gasteiger partial charge in [0.05, 0.1) is 0 Å².